The van der Waals surface area contributed by atoms with Crippen LogP contribution < -0.4 is 0 Å². The fourth-order valence-electron chi connectivity index (χ4n) is 2.92. The minimum Gasteiger partial charge on any atom is -0.468 e. The van der Waals surface area contributed by atoms with Crippen molar-refractivity contribution in [1.29, 1.82) is 0 Å². The van der Waals surface area contributed by atoms with Crippen LogP contribution in [0.1, 0.15) is 39.3 Å². The highest BCUT2D eigenvalue weighted by molar-refractivity contribution is 7.90. The van der Waals surface area contributed by atoms with Gasteiger partial charge in [0.1, 0.15) is 11.0 Å². The van der Waals surface area contributed by atoms with Gasteiger partial charge in [-0.1, -0.05) is 0 Å². The van der Waals surface area contributed by atoms with Gasteiger partial charge in [0.25, 0.3) is 0 Å². The van der Waals surface area contributed by atoms with Crippen molar-refractivity contribution < 1.29 is 27.5 Å². The molecule has 0 atom stereocenters. The number of likely N-dealkylation sites (tertiary alicyclic amines) is 1. The smallest absolute Gasteiger partial charge is 0.410 e. The summed E-state index contributed by atoms with van der Waals surface area (Å²) in [4.78, 5) is 34.5. The lowest BCUT2D eigenvalue weighted by Gasteiger charge is -2.39. The summed E-state index contributed by atoms with van der Waals surface area (Å²) in [7, 11) is -2.32. The SMILES string of the molecule is COC(=O)C1(c2cncc(S(C)(=O)=O)n2)CCN(C(=O)OC(C)(C)C)CC1. The van der Waals surface area contributed by atoms with Crippen LogP contribution in [0.5, 0.6) is 0 Å². The Morgan fingerprint density at radius 2 is 1.78 bits per heavy atom. The first-order chi connectivity index (χ1) is 12.4. The maximum Gasteiger partial charge on any atom is 0.410 e. The number of aromatic nitrogens is 2. The van der Waals surface area contributed by atoms with Gasteiger partial charge < -0.3 is 14.4 Å². The number of piperidine rings is 1. The number of ether oxygens (including phenoxy) is 2. The van der Waals surface area contributed by atoms with E-state index >= 15 is 0 Å². The summed E-state index contributed by atoms with van der Waals surface area (Å²) in [6, 6.07) is 0. The van der Waals surface area contributed by atoms with E-state index in [-0.39, 0.29) is 36.7 Å². The van der Waals surface area contributed by atoms with Crippen LogP contribution in [0.2, 0.25) is 0 Å². The van der Waals surface area contributed by atoms with E-state index in [0.717, 1.165) is 12.5 Å². The lowest BCUT2D eigenvalue weighted by molar-refractivity contribution is -0.150. The van der Waals surface area contributed by atoms with Crippen molar-refractivity contribution >= 4 is 21.9 Å². The zero-order valence-corrected chi connectivity index (χ0v) is 17.0. The van der Waals surface area contributed by atoms with Crippen LogP contribution in [0.3, 0.4) is 0 Å². The number of carbonyl (C=O) groups excluding carboxylic acids is 2. The van der Waals surface area contributed by atoms with Crippen molar-refractivity contribution in [2.75, 3.05) is 26.5 Å². The first-order valence-electron chi connectivity index (χ1n) is 8.48. The van der Waals surface area contributed by atoms with Crippen LogP contribution in [0, 0.1) is 0 Å². The molecule has 9 nitrogen and oxygen atoms in total. The van der Waals surface area contributed by atoms with Crippen LogP contribution in [-0.2, 0) is 29.5 Å². The Hall–Kier alpha value is -2.23. The molecule has 1 fully saturated rings. The molecule has 27 heavy (non-hydrogen) atoms. The zero-order chi connectivity index (χ0) is 20.5. The summed E-state index contributed by atoms with van der Waals surface area (Å²) in [6.07, 6.45) is 3.52. The Labute approximate surface area is 159 Å². The number of hydrogen-bond acceptors (Lipinski definition) is 8. The molecule has 0 unspecified atom stereocenters. The Balaban J connectivity index is 2.31. The van der Waals surface area contributed by atoms with E-state index in [9.17, 15) is 18.0 Å². The Morgan fingerprint density at radius 3 is 2.26 bits per heavy atom. The Morgan fingerprint density at radius 1 is 1.19 bits per heavy atom. The number of nitrogens with zero attached hydrogens (tertiary/aromatic N) is 3. The molecule has 1 aromatic heterocycles. The molecule has 1 aliphatic rings. The molecule has 2 rings (SSSR count). The number of esters is 1. The van der Waals surface area contributed by atoms with Crippen LogP contribution in [0.15, 0.2) is 17.4 Å². The molecule has 150 valence electrons. The minimum atomic E-state index is -3.58. The molecule has 1 aromatic rings. The van der Waals surface area contributed by atoms with Gasteiger partial charge in [0, 0.05) is 25.5 Å². The van der Waals surface area contributed by atoms with Gasteiger partial charge in [-0.15, -0.1) is 0 Å². The van der Waals surface area contributed by atoms with E-state index in [2.05, 4.69) is 9.97 Å². The summed E-state index contributed by atoms with van der Waals surface area (Å²) in [5.41, 5.74) is -1.56. The molecule has 0 aromatic carbocycles. The largest absolute Gasteiger partial charge is 0.468 e. The third-order valence-electron chi connectivity index (χ3n) is 4.33. The summed E-state index contributed by atoms with van der Waals surface area (Å²) in [5, 5.41) is -0.210. The number of carbonyl (C=O) groups is 2. The second kappa shape index (κ2) is 7.41. The average molecular weight is 399 g/mol. The van der Waals surface area contributed by atoms with E-state index in [4.69, 9.17) is 9.47 Å². The highest BCUT2D eigenvalue weighted by Gasteiger charge is 2.47. The van der Waals surface area contributed by atoms with Crippen LogP contribution in [0.4, 0.5) is 4.79 Å². The summed E-state index contributed by atoms with van der Waals surface area (Å²) in [6.45, 7) is 5.82. The molecule has 0 aliphatic carbocycles. The highest BCUT2D eigenvalue weighted by Crippen LogP contribution is 2.36. The van der Waals surface area contributed by atoms with Gasteiger partial charge in [0.05, 0.1) is 19.0 Å². The molecule has 0 saturated carbocycles. The van der Waals surface area contributed by atoms with E-state index < -0.39 is 32.9 Å². The van der Waals surface area contributed by atoms with E-state index in [1.165, 1.54) is 18.2 Å². The van der Waals surface area contributed by atoms with Gasteiger partial charge in [-0.2, -0.15) is 0 Å². The van der Waals surface area contributed by atoms with E-state index in [1.807, 2.05) is 0 Å². The Bertz CT molecular complexity index is 823. The topological polar surface area (TPSA) is 116 Å². The summed E-state index contributed by atoms with van der Waals surface area (Å²) in [5.74, 6) is -0.536. The maximum absolute atomic E-state index is 12.6. The van der Waals surface area contributed by atoms with Crippen molar-refractivity contribution in [3.63, 3.8) is 0 Å². The van der Waals surface area contributed by atoms with Gasteiger partial charge in [0.15, 0.2) is 14.9 Å². The average Bonchev–Trinajstić information content (AvgIpc) is 2.59. The summed E-state index contributed by atoms with van der Waals surface area (Å²) < 4.78 is 33.9. The minimum absolute atomic E-state index is 0.210. The predicted molar refractivity (Wildman–Crippen MR) is 95.9 cm³/mol. The first kappa shape index (κ1) is 21.1. The quantitative estimate of drug-likeness (QED) is 0.699. The number of sulfone groups is 1. The molecule has 0 radical (unpaired) electrons. The van der Waals surface area contributed by atoms with Crippen molar-refractivity contribution in [1.82, 2.24) is 14.9 Å². The molecule has 1 amide bonds. The fourth-order valence-corrected chi connectivity index (χ4v) is 3.43. The molecule has 2 heterocycles. The molecule has 1 aliphatic heterocycles. The van der Waals surface area contributed by atoms with Gasteiger partial charge in [-0.25, -0.2) is 18.2 Å². The fraction of sp³-hybridized carbons (Fsp3) is 0.647. The van der Waals surface area contributed by atoms with Gasteiger partial charge in [0.2, 0.25) is 0 Å². The van der Waals surface area contributed by atoms with Crippen LogP contribution in [-0.4, -0.2) is 67.4 Å². The molecule has 0 N–H and O–H groups in total. The Kier molecular flexibility index (Phi) is 5.79. The molecular weight excluding hydrogens is 374 g/mol. The number of rotatable bonds is 3. The first-order valence-corrected chi connectivity index (χ1v) is 10.4. The molecule has 0 spiro atoms. The van der Waals surface area contributed by atoms with Gasteiger partial charge in [-0.3, -0.25) is 9.78 Å². The number of hydrogen-bond donors (Lipinski definition) is 0. The highest BCUT2D eigenvalue weighted by atomic mass is 32.2. The number of methoxy groups -OCH3 is 1. The molecular formula is C17H25N3O6S. The van der Waals surface area contributed by atoms with Crippen molar-refractivity contribution in [2.45, 2.75) is 49.7 Å². The van der Waals surface area contributed by atoms with Crippen LogP contribution >= 0.6 is 0 Å². The zero-order valence-electron chi connectivity index (χ0n) is 16.2. The predicted octanol–water partition coefficient (Wildman–Crippen LogP) is 1.32. The van der Waals surface area contributed by atoms with Gasteiger partial charge >= 0.3 is 12.1 Å². The molecule has 0 bridgehead atoms. The normalized spacial score (nSPS) is 17.3. The standard InChI is InChI=1S/C17H25N3O6S/c1-16(2,3)26-15(22)20-8-6-17(7-9-20,14(21)25-4)12-10-18-11-13(19-12)27(5,23)24/h10-11H,6-9H2,1-5H3. The van der Waals surface area contributed by atoms with E-state index in [1.54, 1.807) is 20.8 Å². The molecule has 1 saturated heterocycles. The third kappa shape index (κ3) is 4.74. The number of amides is 1. The van der Waals surface area contributed by atoms with Crippen molar-refractivity contribution in [3.05, 3.63) is 18.1 Å². The second-order valence-electron chi connectivity index (χ2n) is 7.56. The lowest BCUT2D eigenvalue weighted by atomic mass is 9.75. The third-order valence-corrected chi connectivity index (χ3v) is 5.28. The summed E-state index contributed by atoms with van der Waals surface area (Å²) >= 11 is 0. The maximum atomic E-state index is 12.6. The van der Waals surface area contributed by atoms with E-state index in [0.29, 0.717) is 0 Å². The van der Waals surface area contributed by atoms with Crippen molar-refractivity contribution in [3.8, 4) is 0 Å². The van der Waals surface area contributed by atoms with Crippen molar-refractivity contribution in [2.24, 2.45) is 0 Å². The van der Waals surface area contributed by atoms with Gasteiger partial charge in [-0.05, 0) is 33.6 Å². The lowest BCUT2D eigenvalue weighted by Crippen LogP contribution is -2.51. The monoisotopic (exact) mass is 399 g/mol. The molecule has 10 heteroatoms. The second-order valence-corrected chi connectivity index (χ2v) is 9.52. The van der Waals surface area contributed by atoms with Crippen LogP contribution in [0.25, 0.3) is 0 Å².